The van der Waals surface area contributed by atoms with E-state index in [-0.39, 0.29) is 59.6 Å². The fourth-order valence-corrected chi connectivity index (χ4v) is 8.01. The molecule has 0 aliphatic heterocycles. The highest BCUT2D eigenvalue weighted by atomic mass is 15.0. The second-order valence-electron chi connectivity index (χ2n) is 14.2. The Kier molecular flexibility index (Phi) is 6.27. The zero-order chi connectivity index (χ0) is 47.8. The minimum Gasteiger partial charge on any atom is -0.309 e. The van der Waals surface area contributed by atoms with Crippen molar-refractivity contribution < 1.29 is 13.7 Å². The highest BCUT2D eigenvalue weighted by molar-refractivity contribution is 6.10. The molecule has 276 valence electrons. The van der Waals surface area contributed by atoms with Gasteiger partial charge < -0.3 is 4.57 Å². The molecule has 0 saturated carbocycles. The Morgan fingerprint density at radius 1 is 0.339 bits per heavy atom. The second kappa shape index (κ2) is 14.6. The van der Waals surface area contributed by atoms with Gasteiger partial charge in [0.1, 0.15) is 0 Å². The first-order valence-electron chi connectivity index (χ1n) is 24.2. The van der Waals surface area contributed by atoms with Crippen LogP contribution in [0, 0.1) is 0 Å². The van der Waals surface area contributed by atoms with Crippen molar-refractivity contribution in [1.82, 2.24) is 14.5 Å². The molecule has 0 bridgehead atoms. The molecule has 0 fully saturated rings. The summed E-state index contributed by atoms with van der Waals surface area (Å²) in [6, 6.07) is 50.0. The molecule has 0 unspecified atom stereocenters. The summed E-state index contributed by atoms with van der Waals surface area (Å²) in [5.41, 5.74) is 9.98. The fourth-order valence-electron chi connectivity index (χ4n) is 8.01. The minimum atomic E-state index is -0.434. The average Bonchev–Trinajstić information content (AvgIpc) is 3.71. The maximum absolute atomic E-state index is 8.83. The Morgan fingerprint density at radius 2 is 0.881 bits per heavy atom. The number of benzene rings is 9. The van der Waals surface area contributed by atoms with Crippen LogP contribution in [0.15, 0.2) is 224 Å². The summed E-state index contributed by atoms with van der Waals surface area (Å²) in [6.07, 6.45) is 0. The average molecular weight is 762 g/mol. The molecule has 11 aromatic rings. The summed E-state index contributed by atoms with van der Waals surface area (Å²) in [4.78, 5) is 10.1. The van der Waals surface area contributed by atoms with Crippen molar-refractivity contribution in [2.24, 2.45) is 0 Å². The Labute approximate surface area is 357 Å². The van der Waals surface area contributed by atoms with Gasteiger partial charge in [-0.3, -0.25) is 0 Å². The van der Waals surface area contributed by atoms with E-state index in [0.717, 1.165) is 71.5 Å². The number of rotatable bonds is 7. The quantitative estimate of drug-likeness (QED) is 0.162. The molecule has 3 nitrogen and oxygen atoms in total. The van der Waals surface area contributed by atoms with Crippen LogP contribution < -0.4 is 0 Å². The van der Waals surface area contributed by atoms with Gasteiger partial charge in [0.2, 0.25) is 0 Å². The zero-order valence-corrected chi connectivity index (χ0v) is 31.4. The van der Waals surface area contributed by atoms with Crippen molar-refractivity contribution in [1.29, 1.82) is 0 Å². The van der Waals surface area contributed by atoms with Gasteiger partial charge in [-0.25, -0.2) is 9.97 Å². The number of fused-ring (bicyclic) bond motifs is 4. The van der Waals surface area contributed by atoms with E-state index in [1.165, 1.54) is 0 Å². The summed E-state index contributed by atoms with van der Waals surface area (Å²) >= 11 is 0. The molecular formula is C56H37N3. The Bertz CT molecular complexity index is 3830. The van der Waals surface area contributed by atoms with Crippen molar-refractivity contribution in [3.8, 4) is 73.0 Å². The van der Waals surface area contributed by atoms with Gasteiger partial charge in [-0.1, -0.05) is 194 Å². The van der Waals surface area contributed by atoms with Crippen molar-refractivity contribution in [2.45, 2.75) is 0 Å². The number of nitrogens with zero attached hydrogens (tertiary/aromatic N) is 3. The van der Waals surface area contributed by atoms with Crippen LogP contribution >= 0.6 is 0 Å². The Balaban J connectivity index is 0.982. The molecule has 0 aliphatic rings. The third-order valence-electron chi connectivity index (χ3n) is 10.8. The largest absolute Gasteiger partial charge is 0.309 e. The van der Waals surface area contributed by atoms with E-state index < -0.39 is 12.1 Å². The van der Waals surface area contributed by atoms with E-state index in [1.54, 1.807) is 16.7 Å². The van der Waals surface area contributed by atoms with Crippen LogP contribution in [-0.2, 0) is 0 Å². The first-order chi connectivity index (χ1) is 33.4. The van der Waals surface area contributed by atoms with Crippen LogP contribution in [0.5, 0.6) is 0 Å². The van der Waals surface area contributed by atoms with E-state index in [9.17, 15) is 0 Å². The van der Waals surface area contributed by atoms with Gasteiger partial charge in [-0.15, -0.1) is 0 Å². The van der Waals surface area contributed by atoms with Crippen molar-refractivity contribution in [3.05, 3.63) is 224 Å². The molecule has 0 radical (unpaired) electrons. The van der Waals surface area contributed by atoms with Crippen molar-refractivity contribution in [2.75, 3.05) is 0 Å². The van der Waals surface area contributed by atoms with Gasteiger partial charge in [-0.05, 0) is 74.4 Å². The third-order valence-corrected chi connectivity index (χ3v) is 10.8. The molecule has 9 aromatic carbocycles. The van der Waals surface area contributed by atoms with Crippen LogP contribution in [-0.4, -0.2) is 14.5 Å². The molecular weight excluding hydrogens is 715 g/mol. The maximum atomic E-state index is 8.83. The van der Waals surface area contributed by atoms with Crippen LogP contribution in [0.25, 0.3) is 106 Å². The Morgan fingerprint density at radius 3 is 1.63 bits per heavy atom. The number of para-hydroxylation sites is 2. The van der Waals surface area contributed by atoms with E-state index in [2.05, 4.69) is 54.6 Å². The summed E-state index contributed by atoms with van der Waals surface area (Å²) < 4.78 is 85.8. The molecule has 3 heteroatoms. The first-order valence-corrected chi connectivity index (χ1v) is 19.2. The third kappa shape index (κ3) is 6.26. The fraction of sp³-hybridized carbons (Fsp3) is 0. The normalized spacial score (nSPS) is 13.8. The summed E-state index contributed by atoms with van der Waals surface area (Å²) in [7, 11) is 0. The lowest BCUT2D eigenvalue weighted by molar-refractivity contribution is 1.18. The minimum absolute atomic E-state index is 0.105. The first kappa shape index (κ1) is 25.4. The van der Waals surface area contributed by atoms with Gasteiger partial charge >= 0.3 is 0 Å². The van der Waals surface area contributed by atoms with E-state index in [0.29, 0.717) is 22.8 Å². The van der Waals surface area contributed by atoms with E-state index in [1.807, 2.05) is 97.1 Å². The second-order valence-corrected chi connectivity index (χ2v) is 14.2. The van der Waals surface area contributed by atoms with Gasteiger partial charge in [-0.2, -0.15) is 0 Å². The van der Waals surface area contributed by atoms with E-state index in [4.69, 9.17) is 23.7 Å². The number of aromatic nitrogens is 3. The summed E-state index contributed by atoms with van der Waals surface area (Å²) in [6.45, 7) is 0. The lowest BCUT2D eigenvalue weighted by atomic mass is 9.92. The summed E-state index contributed by atoms with van der Waals surface area (Å²) in [5, 5.41) is 3.83. The molecule has 59 heavy (non-hydrogen) atoms. The van der Waals surface area contributed by atoms with Crippen LogP contribution in [0.3, 0.4) is 0 Å². The van der Waals surface area contributed by atoms with E-state index >= 15 is 0 Å². The number of hydrogen-bond donors (Lipinski definition) is 0. The standard InChI is InChI=1S/C56H37N3/c1-4-14-38(15-5-1)39-26-30-42(31-27-39)52-37-53(58-56(57-52)43-16-6-2-7-17-43)49-35-34-46(47-20-10-11-21-48(47)49)41-28-24-40(25-29-41)44-32-33-51-50-22-12-13-23-54(50)59(55(51)36-44)45-18-8-3-9-19-45/h1-37H/i1D,3D,4D,5D,8D,9D,14D,15D,18D,19D. The van der Waals surface area contributed by atoms with Gasteiger partial charge in [0.15, 0.2) is 5.82 Å². The maximum Gasteiger partial charge on any atom is 0.160 e. The van der Waals surface area contributed by atoms with Crippen molar-refractivity contribution in [3.63, 3.8) is 0 Å². The van der Waals surface area contributed by atoms with Gasteiger partial charge in [0.05, 0.1) is 36.1 Å². The predicted octanol–water partition coefficient (Wildman–Crippen LogP) is 14.7. The monoisotopic (exact) mass is 761 g/mol. The number of hydrogen-bond acceptors (Lipinski definition) is 2. The molecule has 2 heterocycles. The van der Waals surface area contributed by atoms with Gasteiger partial charge in [0.25, 0.3) is 0 Å². The van der Waals surface area contributed by atoms with Crippen LogP contribution in [0.2, 0.25) is 0 Å². The van der Waals surface area contributed by atoms with Crippen LogP contribution in [0.4, 0.5) is 0 Å². The predicted molar refractivity (Wildman–Crippen MR) is 246 cm³/mol. The van der Waals surface area contributed by atoms with Crippen LogP contribution in [0.1, 0.15) is 13.7 Å². The zero-order valence-electron chi connectivity index (χ0n) is 41.4. The molecule has 0 aliphatic carbocycles. The van der Waals surface area contributed by atoms with Crippen molar-refractivity contribution >= 4 is 32.6 Å². The molecule has 0 amide bonds. The molecule has 0 atom stereocenters. The Hall–Kier alpha value is -7.88. The molecule has 11 rings (SSSR count). The SMILES string of the molecule is [2H]c1c([2H])c([2H])c(-c2ccc(-c3cc(-c4ccc(-c5ccc(-c6ccc7c8ccccc8n(-c8c([2H])c([2H])c([2H])c([2H])c8[2H])c7c6)cc5)c5ccccc45)nc(-c4ccccc4)n3)cc2)c([2H])c1[2H]. The summed E-state index contributed by atoms with van der Waals surface area (Å²) in [5.74, 6) is 0.536. The highest BCUT2D eigenvalue weighted by Gasteiger charge is 2.16. The molecule has 0 saturated heterocycles. The lowest BCUT2D eigenvalue weighted by Gasteiger charge is -2.14. The van der Waals surface area contributed by atoms with Gasteiger partial charge in [0, 0.05) is 33.2 Å². The highest BCUT2D eigenvalue weighted by Crippen LogP contribution is 2.39. The molecule has 0 N–H and O–H groups in total. The molecule has 2 aromatic heterocycles. The lowest BCUT2D eigenvalue weighted by Crippen LogP contribution is -1.97. The topological polar surface area (TPSA) is 30.7 Å². The smallest absolute Gasteiger partial charge is 0.160 e. The molecule has 0 spiro atoms.